The summed E-state index contributed by atoms with van der Waals surface area (Å²) in [5, 5.41) is 8.89. The van der Waals surface area contributed by atoms with Crippen LogP contribution in [0.25, 0.3) is 0 Å². The minimum atomic E-state index is -0.810. The van der Waals surface area contributed by atoms with E-state index in [0.717, 1.165) is 32.2 Å². The number of nitrogens with zero attached hydrogens (tertiary/aromatic N) is 1. The third kappa shape index (κ3) is 5.07. The zero-order valence-corrected chi connectivity index (χ0v) is 11.7. The first-order valence-corrected chi connectivity index (χ1v) is 6.81. The summed E-state index contributed by atoms with van der Waals surface area (Å²) >= 11 is 0. The summed E-state index contributed by atoms with van der Waals surface area (Å²) in [6, 6.07) is -0.0938. The molecule has 1 aliphatic heterocycles. The Hall–Kier alpha value is -1.06. The number of carboxylic acid groups (broad SMARTS) is 1. The molecule has 0 saturated carbocycles. The van der Waals surface area contributed by atoms with Crippen molar-refractivity contribution in [3.05, 3.63) is 0 Å². The average molecular weight is 255 g/mol. The van der Waals surface area contributed by atoms with Crippen molar-refractivity contribution in [1.29, 1.82) is 0 Å². The van der Waals surface area contributed by atoms with Crippen molar-refractivity contribution in [3.8, 4) is 0 Å². The smallest absolute Gasteiger partial charge is 0.305 e. The lowest BCUT2D eigenvalue weighted by Gasteiger charge is -2.35. The van der Waals surface area contributed by atoms with E-state index in [2.05, 4.69) is 20.8 Å². The lowest BCUT2D eigenvalue weighted by Crippen LogP contribution is -2.44. The highest BCUT2D eigenvalue weighted by Gasteiger charge is 2.28. The zero-order chi connectivity index (χ0) is 13.8. The molecule has 1 unspecified atom stereocenters. The molecule has 0 radical (unpaired) electrons. The van der Waals surface area contributed by atoms with Crippen LogP contribution in [0.1, 0.15) is 59.3 Å². The molecule has 1 saturated heterocycles. The number of amides is 1. The van der Waals surface area contributed by atoms with Gasteiger partial charge in [-0.2, -0.15) is 0 Å². The van der Waals surface area contributed by atoms with Gasteiger partial charge in [-0.15, -0.1) is 0 Å². The quantitative estimate of drug-likeness (QED) is 0.840. The molecule has 1 heterocycles. The van der Waals surface area contributed by atoms with Crippen LogP contribution in [0.3, 0.4) is 0 Å². The molecule has 1 rings (SSSR count). The lowest BCUT2D eigenvalue weighted by molar-refractivity contribution is -0.142. The van der Waals surface area contributed by atoms with E-state index in [9.17, 15) is 9.59 Å². The van der Waals surface area contributed by atoms with Gasteiger partial charge in [0.1, 0.15) is 0 Å². The van der Waals surface area contributed by atoms with E-state index >= 15 is 0 Å². The Morgan fingerprint density at radius 1 is 1.28 bits per heavy atom. The van der Waals surface area contributed by atoms with Crippen molar-refractivity contribution in [3.63, 3.8) is 0 Å². The molecule has 104 valence electrons. The molecule has 0 bridgehead atoms. The van der Waals surface area contributed by atoms with Crippen LogP contribution >= 0.6 is 0 Å². The van der Waals surface area contributed by atoms with Gasteiger partial charge in [0.25, 0.3) is 0 Å². The summed E-state index contributed by atoms with van der Waals surface area (Å²) < 4.78 is 0. The second-order valence-corrected chi connectivity index (χ2v) is 6.40. The number of piperidine rings is 1. The Morgan fingerprint density at radius 3 is 2.50 bits per heavy atom. The second kappa shape index (κ2) is 6.21. The molecule has 1 atom stereocenters. The summed E-state index contributed by atoms with van der Waals surface area (Å²) in [6.45, 7) is 7.07. The maximum Gasteiger partial charge on any atom is 0.305 e. The number of hydrogen-bond donors (Lipinski definition) is 1. The number of likely N-dealkylation sites (tertiary alicyclic amines) is 1. The highest BCUT2D eigenvalue weighted by atomic mass is 16.4. The molecule has 0 aromatic carbocycles. The first-order valence-electron chi connectivity index (χ1n) is 6.81. The number of hydrogen-bond acceptors (Lipinski definition) is 2. The van der Waals surface area contributed by atoms with Crippen molar-refractivity contribution >= 4 is 11.9 Å². The van der Waals surface area contributed by atoms with Gasteiger partial charge in [0, 0.05) is 19.0 Å². The summed E-state index contributed by atoms with van der Waals surface area (Å²) in [5.74, 6) is -0.689. The van der Waals surface area contributed by atoms with Crippen LogP contribution < -0.4 is 0 Å². The highest BCUT2D eigenvalue weighted by Crippen LogP contribution is 2.24. The first-order chi connectivity index (χ1) is 8.29. The van der Waals surface area contributed by atoms with E-state index in [1.165, 1.54) is 0 Å². The van der Waals surface area contributed by atoms with E-state index < -0.39 is 5.97 Å². The molecule has 1 fully saturated rings. The zero-order valence-electron chi connectivity index (χ0n) is 11.7. The van der Waals surface area contributed by atoms with Crippen LogP contribution in [0, 0.1) is 5.41 Å². The van der Waals surface area contributed by atoms with Gasteiger partial charge in [-0.25, -0.2) is 0 Å². The van der Waals surface area contributed by atoms with Gasteiger partial charge in [-0.05, 0) is 31.1 Å². The van der Waals surface area contributed by atoms with Crippen LogP contribution in [0.4, 0.5) is 0 Å². The van der Waals surface area contributed by atoms with Crippen LogP contribution in [0.2, 0.25) is 0 Å². The first kappa shape index (κ1) is 15.0. The number of carboxylic acids is 1. The maximum absolute atomic E-state index is 12.2. The fraction of sp³-hybridized carbons (Fsp3) is 0.857. The number of aliphatic carboxylic acids is 1. The van der Waals surface area contributed by atoms with Crippen LogP contribution in [-0.4, -0.2) is 34.5 Å². The molecule has 0 aromatic rings. The fourth-order valence-electron chi connectivity index (χ4n) is 2.37. The number of rotatable bonds is 4. The van der Waals surface area contributed by atoms with Gasteiger partial charge in [0.05, 0.1) is 6.42 Å². The molecule has 0 aliphatic carbocycles. The van der Waals surface area contributed by atoms with E-state index in [1.807, 2.05) is 0 Å². The molecule has 1 amide bonds. The Kier molecular flexibility index (Phi) is 5.17. The standard InChI is InChI=1S/C14H25NO3/c1-14(2,3)8-7-12(16)15-9-5-4-6-11(15)10-13(17)18/h11H,4-10H2,1-3H3,(H,17,18). The summed E-state index contributed by atoms with van der Waals surface area (Å²) in [7, 11) is 0. The number of carbonyl (C=O) groups is 2. The largest absolute Gasteiger partial charge is 0.481 e. The van der Waals surface area contributed by atoms with Crippen molar-refractivity contribution in [2.45, 2.75) is 65.3 Å². The summed E-state index contributed by atoms with van der Waals surface area (Å²) in [6.07, 6.45) is 4.31. The lowest BCUT2D eigenvalue weighted by atomic mass is 9.89. The van der Waals surface area contributed by atoms with Gasteiger partial charge < -0.3 is 10.0 Å². The van der Waals surface area contributed by atoms with Crippen LogP contribution in [0.5, 0.6) is 0 Å². The van der Waals surface area contributed by atoms with Crippen molar-refractivity contribution in [1.82, 2.24) is 4.90 Å². The predicted molar refractivity (Wildman–Crippen MR) is 70.3 cm³/mol. The third-order valence-electron chi connectivity index (χ3n) is 3.45. The molecule has 0 aromatic heterocycles. The predicted octanol–water partition coefficient (Wildman–Crippen LogP) is 2.67. The normalized spacial score (nSPS) is 20.8. The molecule has 0 spiro atoms. The second-order valence-electron chi connectivity index (χ2n) is 6.40. The van der Waals surface area contributed by atoms with Gasteiger partial charge in [-0.1, -0.05) is 20.8 Å². The van der Waals surface area contributed by atoms with Crippen LogP contribution in [0.15, 0.2) is 0 Å². The molecule has 1 N–H and O–H groups in total. The van der Waals surface area contributed by atoms with Gasteiger partial charge in [-0.3, -0.25) is 9.59 Å². The minimum absolute atomic E-state index is 0.0846. The molecular weight excluding hydrogens is 230 g/mol. The van der Waals surface area contributed by atoms with E-state index in [0.29, 0.717) is 6.42 Å². The fourth-order valence-corrected chi connectivity index (χ4v) is 2.37. The Balaban J connectivity index is 2.54. The minimum Gasteiger partial charge on any atom is -0.481 e. The molecule has 4 heteroatoms. The topological polar surface area (TPSA) is 57.6 Å². The van der Waals surface area contributed by atoms with Crippen LogP contribution in [-0.2, 0) is 9.59 Å². The van der Waals surface area contributed by atoms with E-state index in [-0.39, 0.29) is 23.8 Å². The monoisotopic (exact) mass is 255 g/mol. The number of carbonyl (C=O) groups excluding carboxylic acids is 1. The molecular formula is C14H25NO3. The maximum atomic E-state index is 12.2. The molecule has 18 heavy (non-hydrogen) atoms. The SMILES string of the molecule is CC(C)(C)CCC(=O)N1CCCCC1CC(=O)O. The summed E-state index contributed by atoms with van der Waals surface area (Å²) in [4.78, 5) is 24.8. The van der Waals surface area contributed by atoms with E-state index in [1.54, 1.807) is 4.90 Å². The summed E-state index contributed by atoms with van der Waals surface area (Å²) in [5.41, 5.74) is 0.147. The van der Waals surface area contributed by atoms with Crippen molar-refractivity contribution in [2.24, 2.45) is 5.41 Å². The van der Waals surface area contributed by atoms with Crippen molar-refractivity contribution < 1.29 is 14.7 Å². The molecule has 4 nitrogen and oxygen atoms in total. The average Bonchev–Trinajstić information content (AvgIpc) is 2.25. The van der Waals surface area contributed by atoms with Gasteiger partial charge >= 0.3 is 5.97 Å². The highest BCUT2D eigenvalue weighted by molar-refractivity contribution is 5.77. The Morgan fingerprint density at radius 2 is 1.94 bits per heavy atom. The molecule has 1 aliphatic rings. The van der Waals surface area contributed by atoms with Gasteiger partial charge in [0.2, 0.25) is 5.91 Å². The Labute approximate surface area is 109 Å². The Bertz CT molecular complexity index is 307. The van der Waals surface area contributed by atoms with Crippen molar-refractivity contribution in [2.75, 3.05) is 6.54 Å². The van der Waals surface area contributed by atoms with Gasteiger partial charge in [0.15, 0.2) is 0 Å². The third-order valence-corrected chi connectivity index (χ3v) is 3.45. The van der Waals surface area contributed by atoms with E-state index in [4.69, 9.17) is 5.11 Å².